The Kier molecular flexibility index (Phi) is 5.84. The smallest absolute Gasteiger partial charge is 0.296 e. The number of nitrogens with zero attached hydrogens (tertiary/aromatic N) is 2. The third-order valence-electron chi connectivity index (χ3n) is 3.98. The fraction of sp³-hybridized carbons (Fsp3) is 0.444. The van der Waals surface area contributed by atoms with Gasteiger partial charge in [-0.3, -0.25) is 14.9 Å². The van der Waals surface area contributed by atoms with Crippen LogP contribution in [-0.2, 0) is 6.42 Å². The van der Waals surface area contributed by atoms with Crippen LogP contribution >= 0.6 is 0 Å². The lowest BCUT2D eigenvalue weighted by molar-refractivity contribution is -0.383. The van der Waals surface area contributed by atoms with Crippen LogP contribution in [-0.4, -0.2) is 22.3 Å². The zero-order chi connectivity index (χ0) is 17.7. The van der Waals surface area contributed by atoms with E-state index in [1.807, 2.05) is 13.0 Å². The van der Waals surface area contributed by atoms with Crippen LogP contribution in [0.15, 0.2) is 18.3 Å². The second-order valence-corrected chi connectivity index (χ2v) is 5.69. The minimum absolute atomic E-state index is 0.161. The standard InChI is InChI=1S/C18H22N2O4/c1-4-6-7-10-24-18-14(12(3)21)11-15(20(22)23)17-16(18)13(5-2)8-9-19-17/h8-9,11H,4-7,10H2,1-3H3. The average Bonchev–Trinajstić information content (AvgIpc) is 2.57. The van der Waals surface area contributed by atoms with Gasteiger partial charge in [0.2, 0.25) is 0 Å². The number of carbonyl (C=O) groups excluding carboxylic acids is 1. The number of Topliss-reactive ketones (excluding diaryl/α,β-unsaturated/α-hetero) is 1. The molecular formula is C18H22N2O4. The van der Waals surface area contributed by atoms with Crippen molar-refractivity contribution >= 4 is 22.4 Å². The molecule has 6 nitrogen and oxygen atoms in total. The van der Waals surface area contributed by atoms with Gasteiger partial charge in [0.1, 0.15) is 5.75 Å². The van der Waals surface area contributed by atoms with Gasteiger partial charge in [0.15, 0.2) is 11.3 Å². The van der Waals surface area contributed by atoms with E-state index in [1.165, 1.54) is 13.0 Å². The number of benzene rings is 1. The van der Waals surface area contributed by atoms with Gasteiger partial charge < -0.3 is 4.74 Å². The first kappa shape index (κ1) is 17.8. The summed E-state index contributed by atoms with van der Waals surface area (Å²) < 4.78 is 5.91. The lowest BCUT2D eigenvalue weighted by atomic mass is 9.99. The number of rotatable bonds is 8. The topological polar surface area (TPSA) is 82.3 Å². The fourth-order valence-electron chi connectivity index (χ4n) is 2.73. The lowest BCUT2D eigenvalue weighted by Gasteiger charge is -2.15. The van der Waals surface area contributed by atoms with Gasteiger partial charge in [0.05, 0.1) is 22.5 Å². The van der Waals surface area contributed by atoms with Crippen molar-refractivity contribution in [3.05, 3.63) is 39.6 Å². The summed E-state index contributed by atoms with van der Waals surface area (Å²) in [4.78, 5) is 27.1. The number of carbonyl (C=O) groups is 1. The summed E-state index contributed by atoms with van der Waals surface area (Å²) in [5, 5.41) is 12.0. The molecule has 2 rings (SSSR count). The molecule has 2 aromatic rings. The lowest BCUT2D eigenvalue weighted by Crippen LogP contribution is -2.07. The Labute approximate surface area is 141 Å². The Morgan fingerprint density at radius 2 is 2.08 bits per heavy atom. The molecule has 24 heavy (non-hydrogen) atoms. The molecule has 0 bridgehead atoms. The number of ketones is 1. The number of pyridine rings is 1. The highest BCUT2D eigenvalue weighted by Crippen LogP contribution is 2.38. The number of non-ortho nitro benzene ring substituents is 1. The second kappa shape index (κ2) is 7.86. The van der Waals surface area contributed by atoms with Crippen molar-refractivity contribution in [1.82, 2.24) is 4.98 Å². The Morgan fingerprint density at radius 1 is 1.33 bits per heavy atom. The van der Waals surface area contributed by atoms with E-state index in [0.717, 1.165) is 24.8 Å². The summed E-state index contributed by atoms with van der Waals surface area (Å²) >= 11 is 0. The van der Waals surface area contributed by atoms with Gasteiger partial charge >= 0.3 is 0 Å². The summed E-state index contributed by atoms with van der Waals surface area (Å²) in [6.45, 7) is 5.92. The Bertz CT molecular complexity index is 771. The van der Waals surface area contributed by atoms with Crippen molar-refractivity contribution in [1.29, 1.82) is 0 Å². The molecule has 1 aromatic heterocycles. The number of fused-ring (bicyclic) bond motifs is 1. The van der Waals surface area contributed by atoms with Crippen LogP contribution in [0.3, 0.4) is 0 Å². The molecule has 1 heterocycles. The molecule has 0 atom stereocenters. The molecule has 0 amide bonds. The molecule has 0 radical (unpaired) electrons. The van der Waals surface area contributed by atoms with Gasteiger partial charge in [0, 0.05) is 12.3 Å². The molecule has 0 aliphatic heterocycles. The number of aromatic nitrogens is 1. The Balaban J connectivity index is 2.71. The largest absolute Gasteiger partial charge is 0.492 e. The predicted octanol–water partition coefficient (Wildman–Crippen LogP) is 4.48. The fourth-order valence-corrected chi connectivity index (χ4v) is 2.73. The van der Waals surface area contributed by atoms with E-state index >= 15 is 0 Å². The van der Waals surface area contributed by atoms with Crippen molar-refractivity contribution in [3.8, 4) is 5.75 Å². The Morgan fingerprint density at radius 3 is 2.67 bits per heavy atom. The van der Waals surface area contributed by atoms with Crippen LogP contribution in [0.5, 0.6) is 5.75 Å². The number of nitro groups is 1. The molecule has 6 heteroatoms. The summed E-state index contributed by atoms with van der Waals surface area (Å²) in [5.74, 6) is 0.167. The van der Waals surface area contributed by atoms with Crippen molar-refractivity contribution in [2.75, 3.05) is 6.61 Å². The van der Waals surface area contributed by atoms with E-state index in [2.05, 4.69) is 11.9 Å². The first-order valence-electron chi connectivity index (χ1n) is 8.23. The molecule has 0 fully saturated rings. The molecular weight excluding hydrogens is 308 g/mol. The normalized spacial score (nSPS) is 10.8. The average molecular weight is 330 g/mol. The van der Waals surface area contributed by atoms with E-state index in [9.17, 15) is 14.9 Å². The van der Waals surface area contributed by atoms with Crippen molar-refractivity contribution < 1.29 is 14.5 Å². The Hall–Kier alpha value is -2.50. The highest BCUT2D eigenvalue weighted by Gasteiger charge is 2.24. The number of hydrogen-bond donors (Lipinski definition) is 0. The maximum absolute atomic E-state index is 12.1. The first-order chi connectivity index (χ1) is 11.5. The van der Waals surface area contributed by atoms with E-state index in [1.54, 1.807) is 6.20 Å². The van der Waals surface area contributed by atoms with Gasteiger partial charge in [-0.15, -0.1) is 0 Å². The molecule has 0 aliphatic rings. The summed E-state index contributed by atoms with van der Waals surface area (Å²) in [6.07, 6.45) is 5.18. The summed E-state index contributed by atoms with van der Waals surface area (Å²) in [7, 11) is 0. The molecule has 0 N–H and O–H groups in total. The van der Waals surface area contributed by atoms with Crippen molar-refractivity contribution in [2.24, 2.45) is 0 Å². The van der Waals surface area contributed by atoms with Crippen LogP contribution in [0.1, 0.15) is 56.0 Å². The third kappa shape index (κ3) is 3.53. The second-order valence-electron chi connectivity index (χ2n) is 5.69. The molecule has 128 valence electrons. The molecule has 0 saturated carbocycles. The zero-order valence-corrected chi connectivity index (χ0v) is 14.3. The van der Waals surface area contributed by atoms with Crippen molar-refractivity contribution in [2.45, 2.75) is 46.5 Å². The molecule has 0 aliphatic carbocycles. The number of hydrogen-bond acceptors (Lipinski definition) is 5. The highest BCUT2D eigenvalue weighted by molar-refractivity contribution is 6.07. The van der Waals surface area contributed by atoms with Gasteiger partial charge in [-0.05, 0) is 31.4 Å². The maximum Gasteiger partial charge on any atom is 0.296 e. The number of unbranched alkanes of at least 4 members (excludes halogenated alkanes) is 2. The minimum Gasteiger partial charge on any atom is -0.492 e. The van der Waals surface area contributed by atoms with Crippen LogP contribution in [0, 0.1) is 10.1 Å². The van der Waals surface area contributed by atoms with E-state index in [0.29, 0.717) is 24.2 Å². The van der Waals surface area contributed by atoms with Crippen LogP contribution in [0.2, 0.25) is 0 Å². The zero-order valence-electron chi connectivity index (χ0n) is 14.3. The third-order valence-corrected chi connectivity index (χ3v) is 3.98. The monoisotopic (exact) mass is 330 g/mol. The molecule has 0 saturated heterocycles. The van der Waals surface area contributed by atoms with E-state index in [4.69, 9.17) is 4.74 Å². The number of aryl methyl sites for hydroxylation is 1. The van der Waals surface area contributed by atoms with E-state index < -0.39 is 4.92 Å². The van der Waals surface area contributed by atoms with Gasteiger partial charge in [-0.25, -0.2) is 4.98 Å². The molecule has 0 unspecified atom stereocenters. The van der Waals surface area contributed by atoms with Crippen LogP contribution < -0.4 is 4.74 Å². The summed E-state index contributed by atoms with van der Waals surface area (Å²) in [6, 6.07) is 3.10. The summed E-state index contributed by atoms with van der Waals surface area (Å²) in [5.41, 5.74) is 1.24. The molecule has 1 aromatic carbocycles. The van der Waals surface area contributed by atoms with Crippen LogP contribution in [0.25, 0.3) is 10.9 Å². The van der Waals surface area contributed by atoms with Crippen molar-refractivity contribution in [3.63, 3.8) is 0 Å². The van der Waals surface area contributed by atoms with Crippen LogP contribution in [0.4, 0.5) is 5.69 Å². The predicted molar refractivity (Wildman–Crippen MR) is 92.8 cm³/mol. The first-order valence-corrected chi connectivity index (χ1v) is 8.23. The molecule has 0 spiro atoms. The van der Waals surface area contributed by atoms with Gasteiger partial charge in [0.25, 0.3) is 5.69 Å². The maximum atomic E-state index is 12.1. The SMILES string of the molecule is CCCCCOc1c(C(C)=O)cc([N+](=O)[O-])c2nccc(CC)c12. The van der Waals surface area contributed by atoms with E-state index in [-0.39, 0.29) is 22.6 Å². The minimum atomic E-state index is -0.498. The number of ether oxygens (including phenoxy) is 1. The highest BCUT2D eigenvalue weighted by atomic mass is 16.6. The quantitative estimate of drug-likeness (QED) is 0.308. The van der Waals surface area contributed by atoms with Gasteiger partial charge in [-0.2, -0.15) is 0 Å². The number of nitro benzene ring substituents is 1. The van der Waals surface area contributed by atoms with Gasteiger partial charge in [-0.1, -0.05) is 26.7 Å².